The van der Waals surface area contributed by atoms with Crippen LogP contribution in [0, 0.1) is 0 Å². The Bertz CT molecular complexity index is 1400. The number of amides is 1. The Hall–Kier alpha value is -3.22. The monoisotopic (exact) mass is 581 g/mol. The van der Waals surface area contributed by atoms with Gasteiger partial charge in [0, 0.05) is 37.3 Å². The first-order valence-electron chi connectivity index (χ1n) is 12.0. The van der Waals surface area contributed by atoms with Crippen LogP contribution in [0.25, 0.3) is 0 Å². The average Bonchev–Trinajstić information content (AvgIpc) is 3.30. The second-order valence-corrected chi connectivity index (χ2v) is 12.2. The molecule has 0 aliphatic rings. The van der Waals surface area contributed by atoms with Crippen molar-refractivity contribution in [2.24, 2.45) is 0 Å². The van der Waals surface area contributed by atoms with Gasteiger partial charge in [0.05, 0.1) is 24.7 Å². The molecule has 0 fully saturated rings. The zero-order chi connectivity index (χ0) is 28.5. The molecule has 1 heterocycles. The molecular formula is C25H32N3O9PS. The largest absolute Gasteiger partial charge is 0.491 e. The molecule has 3 rings (SSSR count). The molecule has 0 saturated carbocycles. The fourth-order valence-corrected chi connectivity index (χ4v) is 5.53. The van der Waals surface area contributed by atoms with Crippen LogP contribution < -0.4 is 14.8 Å². The van der Waals surface area contributed by atoms with E-state index in [0.29, 0.717) is 23.9 Å². The maximum Gasteiger partial charge on any atom is 0.351 e. The van der Waals surface area contributed by atoms with E-state index in [4.69, 9.17) is 23.3 Å². The van der Waals surface area contributed by atoms with E-state index in [-0.39, 0.29) is 42.4 Å². The van der Waals surface area contributed by atoms with E-state index in [1.54, 1.807) is 45.4 Å². The minimum Gasteiger partial charge on any atom is -0.491 e. The van der Waals surface area contributed by atoms with Gasteiger partial charge in [-0.05, 0) is 50.2 Å². The predicted octanol–water partition coefficient (Wildman–Crippen LogP) is 4.58. The Balaban J connectivity index is 1.79. The molecule has 0 spiro atoms. The average molecular weight is 582 g/mol. The van der Waals surface area contributed by atoms with Crippen molar-refractivity contribution in [3.05, 3.63) is 60.3 Å². The highest BCUT2D eigenvalue weighted by atomic mass is 32.2. The van der Waals surface area contributed by atoms with Crippen LogP contribution in [-0.4, -0.2) is 63.9 Å². The Kier molecular flexibility index (Phi) is 10.7. The quantitative estimate of drug-likeness (QED) is 0.200. The molecule has 0 atom stereocenters. The number of carbonyl (C=O) groups is 1. The molecule has 0 radical (unpaired) electrons. The summed E-state index contributed by atoms with van der Waals surface area (Å²) < 4.78 is 64.8. The lowest BCUT2D eigenvalue weighted by molar-refractivity contribution is 0.102. The lowest BCUT2D eigenvalue weighted by Gasteiger charge is -2.16. The Morgan fingerprint density at radius 3 is 2.26 bits per heavy atom. The number of benzene rings is 2. The number of methoxy groups -OCH3 is 1. The molecule has 212 valence electrons. The van der Waals surface area contributed by atoms with Gasteiger partial charge in [-0.2, -0.15) is 5.10 Å². The Labute approximate surface area is 227 Å². The molecule has 1 N–H and O–H groups in total. The van der Waals surface area contributed by atoms with Crippen molar-refractivity contribution in [3.63, 3.8) is 0 Å². The van der Waals surface area contributed by atoms with Crippen LogP contribution in [0.5, 0.6) is 17.2 Å². The van der Waals surface area contributed by atoms with Gasteiger partial charge in [-0.3, -0.25) is 14.0 Å². The van der Waals surface area contributed by atoms with Gasteiger partial charge in [-0.15, -0.1) is 0 Å². The first kappa shape index (κ1) is 30.3. The van der Waals surface area contributed by atoms with Crippen LogP contribution in [0.4, 0.5) is 5.82 Å². The van der Waals surface area contributed by atoms with Crippen LogP contribution >= 0.6 is 7.60 Å². The summed E-state index contributed by atoms with van der Waals surface area (Å²) in [5, 5.41) is 6.94. The minimum absolute atomic E-state index is 0.108. The van der Waals surface area contributed by atoms with E-state index < -0.39 is 23.3 Å². The molecular weight excluding hydrogens is 549 g/mol. The van der Waals surface area contributed by atoms with Crippen molar-refractivity contribution in [2.45, 2.75) is 25.0 Å². The summed E-state index contributed by atoms with van der Waals surface area (Å²) in [6, 6.07) is 12.1. The number of hydrogen-bond donors (Lipinski definition) is 1. The molecule has 39 heavy (non-hydrogen) atoms. The zero-order valence-corrected chi connectivity index (χ0v) is 23.9. The molecule has 0 bridgehead atoms. The van der Waals surface area contributed by atoms with Crippen molar-refractivity contribution >= 4 is 29.2 Å². The van der Waals surface area contributed by atoms with Crippen LogP contribution in [0.1, 0.15) is 24.2 Å². The van der Waals surface area contributed by atoms with Gasteiger partial charge in [-0.25, -0.2) is 8.42 Å². The molecule has 0 aliphatic heterocycles. The fourth-order valence-electron chi connectivity index (χ4n) is 3.36. The summed E-state index contributed by atoms with van der Waals surface area (Å²) in [6.45, 7) is 4.46. The number of nitrogens with one attached hydrogen (secondary N) is 1. The highest BCUT2D eigenvalue weighted by Crippen LogP contribution is 2.49. The molecule has 0 unspecified atom stereocenters. The van der Waals surface area contributed by atoms with E-state index in [1.807, 2.05) is 0 Å². The van der Waals surface area contributed by atoms with E-state index in [1.165, 1.54) is 35.0 Å². The van der Waals surface area contributed by atoms with E-state index >= 15 is 0 Å². The maximum atomic E-state index is 13.1. The van der Waals surface area contributed by atoms with Gasteiger partial charge in [0.25, 0.3) is 5.91 Å². The summed E-state index contributed by atoms with van der Waals surface area (Å²) in [4.78, 5) is 13.2. The summed E-state index contributed by atoms with van der Waals surface area (Å²) in [5.74, 6) is 0.760. The van der Waals surface area contributed by atoms with Gasteiger partial charge < -0.3 is 28.6 Å². The van der Waals surface area contributed by atoms with Crippen molar-refractivity contribution < 1.29 is 41.0 Å². The van der Waals surface area contributed by atoms with Crippen molar-refractivity contribution in [3.8, 4) is 17.2 Å². The molecule has 1 amide bonds. The van der Waals surface area contributed by atoms with Crippen LogP contribution in [0.3, 0.4) is 0 Å². The van der Waals surface area contributed by atoms with Gasteiger partial charge >= 0.3 is 7.60 Å². The third-order valence-electron chi connectivity index (χ3n) is 5.04. The van der Waals surface area contributed by atoms with Gasteiger partial charge in [-0.1, -0.05) is 0 Å². The number of aromatic nitrogens is 2. The highest BCUT2D eigenvalue weighted by Gasteiger charge is 2.25. The van der Waals surface area contributed by atoms with E-state index in [9.17, 15) is 17.8 Å². The maximum absolute atomic E-state index is 13.1. The van der Waals surface area contributed by atoms with Crippen LogP contribution in [0.2, 0.25) is 0 Å². The van der Waals surface area contributed by atoms with Gasteiger partial charge in [0.1, 0.15) is 30.1 Å². The summed E-state index contributed by atoms with van der Waals surface area (Å²) in [5.41, 5.74) is 0.219. The lowest BCUT2D eigenvalue weighted by Crippen LogP contribution is -2.14. The van der Waals surface area contributed by atoms with Crippen LogP contribution in [-0.2, 0) is 34.5 Å². The molecule has 0 saturated heterocycles. The Morgan fingerprint density at radius 1 is 0.974 bits per heavy atom. The first-order valence-corrected chi connectivity index (χ1v) is 15.6. The number of nitrogens with zero attached hydrogens (tertiary/aromatic N) is 2. The second kappa shape index (κ2) is 13.7. The number of hydrogen-bond acceptors (Lipinski definition) is 10. The van der Waals surface area contributed by atoms with Crippen molar-refractivity contribution in [1.82, 2.24) is 9.78 Å². The molecule has 3 aromatic rings. The summed E-state index contributed by atoms with van der Waals surface area (Å²) in [7, 11) is -5.19. The highest BCUT2D eigenvalue weighted by molar-refractivity contribution is 7.90. The molecule has 2 aromatic carbocycles. The zero-order valence-electron chi connectivity index (χ0n) is 22.2. The molecule has 14 heteroatoms. The molecule has 12 nitrogen and oxygen atoms in total. The van der Waals surface area contributed by atoms with Crippen LogP contribution in [0.15, 0.2) is 59.6 Å². The smallest absolute Gasteiger partial charge is 0.351 e. The number of sulfone groups is 1. The summed E-state index contributed by atoms with van der Waals surface area (Å²) >= 11 is 0. The second-order valence-electron chi connectivity index (χ2n) is 8.16. The number of anilines is 1. The number of carbonyl (C=O) groups excluding carboxylic acids is 1. The molecule has 1 aromatic heterocycles. The van der Waals surface area contributed by atoms with Gasteiger partial charge in [0.15, 0.2) is 15.7 Å². The Morgan fingerprint density at radius 2 is 1.64 bits per heavy atom. The summed E-state index contributed by atoms with van der Waals surface area (Å²) in [6.07, 6.45) is 2.57. The predicted molar refractivity (Wildman–Crippen MR) is 144 cm³/mol. The minimum atomic E-state index is -3.38. The third kappa shape index (κ3) is 9.19. The molecule has 0 aliphatic carbocycles. The SMILES string of the molecule is CCOP(=O)(Cn1ccc(NC(=O)c2cc(OCCOC)cc(Oc3ccc(S(C)(=O)=O)cc3)c2)n1)OCC. The van der Waals surface area contributed by atoms with Gasteiger partial charge in [0.2, 0.25) is 0 Å². The van der Waals surface area contributed by atoms with E-state index in [2.05, 4.69) is 10.4 Å². The standard InChI is InChI=1S/C25H32N3O9PS/c1-5-35-38(30,36-6-2)18-28-12-11-24(27-28)26-25(29)19-15-21(34-14-13-33-3)17-22(16-19)37-20-7-9-23(10-8-20)39(4,31)32/h7-12,15-17H,5-6,13-14,18H2,1-4H3,(H,26,27,29). The first-order chi connectivity index (χ1) is 18.5. The normalized spacial score (nSPS) is 11.8. The number of rotatable bonds is 15. The lowest BCUT2D eigenvalue weighted by atomic mass is 10.2. The van der Waals surface area contributed by atoms with Crippen molar-refractivity contribution in [2.75, 3.05) is 45.1 Å². The van der Waals surface area contributed by atoms with Crippen molar-refractivity contribution in [1.29, 1.82) is 0 Å². The topological polar surface area (TPSA) is 144 Å². The number of ether oxygens (including phenoxy) is 3. The van der Waals surface area contributed by atoms with E-state index in [0.717, 1.165) is 6.26 Å². The third-order valence-corrected chi connectivity index (χ3v) is 8.11. The fraction of sp³-hybridized carbons (Fsp3) is 0.360.